The number of nitrogens with zero attached hydrogens (tertiary/aromatic N) is 1. The van der Waals surface area contributed by atoms with E-state index in [0.29, 0.717) is 0 Å². The van der Waals surface area contributed by atoms with E-state index in [-0.39, 0.29) is 0 Å². The second-order valence-electron chi connectivity index (χ2n) is 4.24. The van der Waals surface area contributed by atoms with Gasteiger partial charge < -0.3 is 11.1 Å². The Morgan fingerprint density at radius 1 is 1.21 bits per heavy atom. The number of anilines is 3. The molecule has 3 nitrogen and oxygen atoms in total. The van der Waals surface area contributed by atoms with E-state index in [4.69, 9.17) is 5.73 Å². The molecule has 0 saturated heterocycles. The van der Waals surface area contributed by atoms with E-state index in [1.807, 2.05) is 37.3 Å². The largest absolute Gasteiger partial charge is 0.397 e. The maximum Gasteiger partial charge on any atom is 0.0907 e. The normalized spacial score (nSPS) is 10.8. The summed E-state index contributed by atoms with van der Waals surface area (Å²) in [7, 11) is 0. The van der Waals surface area contributed by atoms with Crippen molar-refractivity contribution in [3.63, 3.8) is 0 Å². The van der Waals surface area contributed by atoms with Gasteiger partial charge in [0, 0.05) is 3.57 Å². The Labute approximate surface area is 129 Å². The van der Waals surface area contributed by atoms with Crippen molar-refractivity contribution in [1.82, 2.24) is 4.98 Å². The van der Waals surface area contributed by atoms with E-state index in [1.54, 1.807) is 11.3 Å². The van der Waals surface area contributed by atoms with Crippen molar-refractivity contribution in [2.24, 2.45) is 0 Å². The molecule has 3 rings (SSSR count). The van der Waals surface area contributed by atoms with Crippen LogP contribution in [0.4, 0.5) is 17.1 Å². The van der Waals surface area contributed by atoms with E-state index in [9.17, 15) is 0 Å². The molecule has 0 aliphatic carbocycles. The molecule has 3 aromatic rings. The molecule has 0 spiro atoms. The summed E-state index contributed by atoms with van der Waals surface area (Å²) in [4.78, 5) is 4.50. The van der Waals surface area contributed by atoms with Crippen molar-refractivity contribution in [2.45, 2.75) is 6.92 Å². The van der Waals surface area contributed by atoms with Crippen LogP contribution in [0.3, 0.4) is 0 Å². The highest BCUT2D eigenvalue weighted by atomic mass is 127. The summed E-state index contributed by atoms with van der Waals surface area (Å²) in [5, 5.41) is 4.43. The zero-order valence-electron chi connectivity index (χ0n) is 10.3. The van der Waals surface area contributed by atoms with Crippen LogP contribution < -0.4 is 11.1 Å². The lowest BCUT2D eigenvalue weighted by molar-refractivity contribution is 1.35. The number of rotatable bonds is 2. The summed E-state index contributed by atoms with van der Waals surface area (Å²) in [5.74, 6) is 0. The molecule has 0 radical (unpaired) electrons. The molecule has 19 heavy (non-hydrogen) atoms. The molecule has 0 saturated carbocycles. The number of benzene rings is 2. The van der Waals surface area contributed by atoms with Gasteiger partial charge in [0.15, 0.2) is 0 Å². The number of aromatic nitrogens is 1. The van der Waals surface area contributed by atoms with Crippen molar-refractivity contribution in [3.8, 4) is 0 Å². The quantitative estimate of drug-likeness (QED) is 0.506. The van der Waals surface area contributed by atoms with Crippen molar-refractivity contribution < 1.29 is 0 Å². The minimum atomic E-state index is 0.746. The highest BCUT2D eigenvalue weighted by molar-refractivity contribution is 14.1. The Morgan fingerprint density at radius 2 is 2.00 bits per heavy atom. The van der Waals surface area contributed by atoms with Crippen LogP contribution in [-0.2, 0) is 0 Å². The van der Waals surface area contributed by atoms with Gasteiger partial charge in [-0.05, 0) is 53.8 Å². The van der Waals surface area contributed by atoms with Crippen LogP contribution >= 0.6 is 33.9 Å². The number of thiazole rings is 1. The fourth-order valence-corrected chi connectivity index (χ4v) is 3.30. The van der Waals surface area contributed by atoms with Crippen molar-refractivity contribution >= 4 is 61.2 Å². The maximum atomic E-state index is 6.11. The average molecular weight is 381 g/mol. The fourth-order valence-electron chi connectivity index (χ4n) is 1.92. The molecule has 0 aliphatic rings. The first-order chi connectivity index (χ1) is 9.13. The fraction of sp³-hybridized carbons (Fsp3) is 0.0714. The molecule has 5 heteroatoms. The third-order valence-electron chi connectivity index (χ3n) is 2.81. The number of para-hydroxylation sites is 1. The predicted molar refractivity (Wildman–Crippen MR) is 91.2 cm³/mol. The van der Waals surface area contributed by atoms with Gasteiger partial charge in [-0.15, -0.1) is 11.3 Å². The van der Waals surface area contributed by atoms with Gasteiger partial charge in [-0.3, -0.25) is 0 Å². The SMILES string of the molecule is Cc1nc2cc(Nc3ccccc3I)c(N)cc2s1. The molecular formula is C14H12IN3S. The van der Waals surface area contributed by atoms with Crippen molar-refractivity contribution in [1.29, 1.82) is 0 Å². The smallest absolute Gasteiger partial charge is 0.0907 e. The maximum absolute atomic E-state index is 6.11. The first-order valence-corrected chi connectivity index (χ1v) is 7.71. The van der Waals surface area contributed by atoms with Crippen LogP contribution in [0.5, 0.6) is 0 Å². The predicted octanol–water partition coefficient (Wildman–Crippen LogP) is 4.54. The summed E-state index contributed by atoms with van der Waals surface area (Å²) in [6, 6.07) is 12.1. The number of nitrogens with two attached hydrogens (primary N) is 1. The number of nitrogens with one attached hydrogen (secondary N) is 1. The number of hydrogen-bond acceptors (Lipinski definition) is 4. The van der Waals surface area contributed by atoms with Crippen LogP contribution in [0.2, 0.25) is 0 Å². The first-order valence-electron chi connectivity index (χ1n) is 5.82. The van der Waals surface area contributed by atoms with E-state index in [0.717, 1.165) is 35.9 Å². The number of nitrogen functional groups attached to an aromatic ring is 1. The zero-order chi connectivity index (χ0) is 13.4. The molecule has 3 N–H and O–H groups in total. The number of fused-ring (bicyclic) bond motifs is 1. The van der Waals surface area contributed by atoms with Crippen molar-refractivity contribution in [3.05, 3.63) is 45.0 Å². The molecular weight excluding hydrogens is 369 g/mol. The van der Waals surface area contributed by atoms with Gasteiger partial charge in [0.1, 0.15) is 0 Å². The van der Waals surface area contributed by atoms with Gasteiger partial charge in [-0.2, -0.15) is 0 Å². The summed E-state index contributed by atoms with van der Waals surface area (Å²) in [6.07, 6.45) is 0. The van der Waals surface area contributed by atoms with E-state index in [2.05, 4.69) is 39.0 Å². The summed E-state index contributed by atoms with van der Waals surface area (Å²) in [6.45, 7) is 2.01. The third-order valence-corrected chi connectivity index (χ3v) is 4.68. The summed E-state index contributed by atoms with van der Waals surface area (Å²) < 4.78 is 2.29. The Balaban J connectivity index is 2.05. The summed E-state index contributed by atoms with van der Waals surface area (Å²) >= 11 is 3.97. The molecule has 0 fully saturated rings. The van der Waals surface area contributed by atoms with Crippen LogP contribution in [0, 0.1) is 10.5 Å². The molecule has 0 atom stereocenters. The van der Waals surface area contributed by atoms with E-state index >= 15 is 0 Å². The topological polar surface area (TPSA) is 50.9 Å². The van der Waals surface area contributed by atoms with Gasteiger partial charge >= 0.3 is 0 Å². The first kappa shape index (κ1) is 12.7. The van der Waals surface area contributed by atoms with Crippen LogP contribution in [0.1, 0.15) is 5.01 Å². The van der Waals surface area contributed by atoms with Gasteiger partial charge in [0.25, 0.3) is 0 Å². The van der Waals surface area contributed by atoms with Gasteiger partial charge in [0.2, 0.25) is 0 Å². The third kappa shape index (κ3) is 2.52. The molecule has 0 unspecified atom stereocenters. The Kier molecular flexibility index (Phi) is 3.32. The Bertz CT molecular complexity index is 752. The van der Waals surface area contributed by atoms with Gasteiger partial charge in [-0.1, -0.05) is 12.1 Å². The van der Waals surface area contributed by atoms with Crippen LogP contribution in [0.15, 0.2) is 36.4 Å². The van der Waals surface area contributed by atoms with E-state index < -0.39 is 0 Å². The minimum Gasteiger partial charge on any atom is -0.397 e. The monoisotopic (exact) mass is 381 g/mol. The highest BCUT2D eigenvalue weighted by Gasteiger charge is 2.07. The Hall–Kier alpha value is -1.34. The standard InChI is InChI=1S/C14H12IN3S/c1-8-17-13-7-12(10(16)6-14(13)19-8)18-11-5-3-2-4-9(11)15/h2-7,18H,16H2,1H3. The number of hydrogen-bond donors (Lipinski definition) is 2. The molecule has 0 amide bonds. The van der Waals surface area contributed by atoms with Crippen LogP contribution in [0.25, 0.3) is 10.2 Å². The lowest BCUT2D eigenvalue weighted by Crippen LogP contribution is -1.97. The molecule has 96 valence electrons. The number of aryl methyl sites for hydroxylation is 1. The van der Waals surface area contributed by atoms with Crippen molar-refractivity contribution in [2.75, 3.05) is 11.1 Å². The van der Waals surface area contributed by atoms with Crippen LogP contribution in [-0.4, -0.2) is 4.98 Å². The average Bonchev–Trinajstić information content (AvgIpc) is 2.71. The lowest BCUT2D eigenvalue weighted by atomic mass is 10.2. The second-order valence-corrected chi connectivity index (χ2v) is 6.64. The second kappa shape index (κ2) is 4.97. The highest BCUT2D eigenvalue weighted by Crippen LogP contribution is 2.32. The minimum absolute atomic E-state index is 0.746. The summed E-state index contributed by atoms with van der Waals surface area (Å²) in [5.41, 5.74) is 9.81. The molecule has 0 bridgehead atoms. The van der Waals surface area contributed by atoms with Gasteiger partial charge in [0.05, 0.1) is 32.3 Å². The molecule has 0 aliphatic heterocycles. The number of halogens is 1. The van der Waals surface area contributed by atoms with Gasteiger partial charge in [-0.25, -0.2) is 4.98 Å². The lowest BCUT2D eigenvalue weighted by Gasteiger charge is -2.10. The Morgan fingerprint density at radius 3 is 2.79 bits per heavy atom. The molecule has 1 heterocycles. The molecule has 2 aromatic carbocycles. The zero-order valence-corrected chi connectivity index (χ0v) is 13.2. The van der Waals surface area contributed by atoms with E-state index in [1.165, 1.54) is 0 Å². The molecule has 1 aromatic heterocycles.